The Morgan fingerprint density at radius 1 is 1.33 bits per heavy atom. The lowest BCUT2D eigenvalue weighted by Gasteiger charge is -2.42. The summed E-state index contributed by atoms with van der Waals surface area (Å²) in [6.07, 6.45) is 10.1. The molecular formula is C19H29O4P. The molecule has 1 fully saturated rings. The number of ether oxygens (including phenoxy) is 1. The van der Waals surface area contributed by atoms with Crippen LogP contribution < -0.4 is 0 Å². The van der Waals surface area contributed by atoms with Gasteiger partial charge in [0, 0.05) is 21.8 Å². The number of allylic oxidation sites excluding steroid dienone is 3. The summed E-state index contributed by atoms with van der Waals surface area (Å²) in [5.74, 6) is 1.32. The van der Waals surface area contributed by atoms with E-state index in [-0.39, 0.29) is 30.2 Å². The molecule has 0 radical (unpaired) electrons. The second kappa shape index (κ2) is 7.68. The summed E-state index contributed by atoms with van der Waals surface area (Å²) >= 11 is 0. The Bertz CT molecular complexity index is 529. The maximum Gasteiger partial charge on any atom is 0.308 e. The molecule has 2 aliphatic carbocycles. The number of carbonyl (C=O) groups excluding carboxylic acids is 1. The van der Waals surface area contributed by atoms with Crippen molar-refractivity contribution in [2.75, 3.05) is 0 Å². The van der Waals surface area contributed by atoms with Crippen molar-refractivity contribution in [3.05, 3.63) is 23.8 Å². The number of carbonyl (C=O) groups is 1. The Balaban J connectivity index is 1.66. The molecule has 0 bridgehead atoms. The summed E-state index contributed by atoms with van der Waals surface area (Å²) in [7, 11) is 2.26. The molecule has 0 aromatic carbocycles. The van der Waals surface area contributed by atoms with Crippen molar-refractivity contribution < 1.29 is 19.2 Å². The number of hydrogen-bond donors (Lipinski definition) is 1. The van der Waals surface area contributed by atoms with Crippen molar-refractivity contribution >= 4 is 15.4 Å². The van der Waals surface area contributed by atoms with Gasteiger partial charge in [-0.3, -0.25) is 4.79 Å². The van der Waals surface area contributed by atoms with Crippen LogP contribution in [-0.2, 0) is 14.1 Å². The summed E-state index contributed by atoms with van der Waals surface area (Å²) in [6, 6.07) is 0. The van der Waals surface area contributed by atoms with Gasteiger partial charge in [0.2, 0.25) is 0 Å². The number of aliphatic hydroxyl groups excluding tert-OH is 1. The van der Waals surface area contributed by atoms with Crippen molar-refractivity contribution in [2.24, 2.45) is 23.7 Å². The van der Waals surface area contributed by atoms with E-state index in [0.29, 0.717) is 24.2 Å². The second-order valence-corrected chi connectivity index (χ2v) is 8.01. The maximum atomic E-state index is 11.7. The normalized spacial score (nSPS) is 42.2. The zero-order valence-corrected chi connectivity index (χ0v) is 15.7. The molecule has 1 N–H and O–H groups in total. The van der Waals surface area contributed by atoms with Gasteiger partial charge in [0.15, 0.2) is 0 Å². The van der Waals surface area contributed by atoms with Crippen LogP contribution in [0.1, 0.15) is 46.0 Å². The Labute approximate surface area is 147 Å². The van der Waals surface area contributed by atoms with E-state index in [2.05, 4.69) is 41.5 Å². The van der Waals surface area contributed by atoms with Crippen LogP contribution in [0.5, 0.6) is 0 Å². The van der Waals surface area contributed by atoms with Crippen molar-refractivity contribution in [1.82, 2.24) is 0 Å². The molecule has 3 rings (SSSR count). The van der Waals surface area contributed by atoms with Crippen molar-refractivity contribution in [2.45, 2.75) is 64.3 Å². The largest absolute Gasteiger partial charge is 0.462 e. The number of rotatable bonds is 4. The van der Waals surface area contributed by atoms with E-state index in [0.717, 1.165) is 25.7 Å². The molecule has 1 saturated heterocycles. The summed E-state index contributed by atoms with van der Waals surface area (Å²) in [5, 5.41) is 10.6. The first-order valence-electron chi connectivity index (χ1n) is 9.11. The highest BCUT2D eigenvalue weighted by Crippen LogP contribution is 2.44. The van der Waals surface area contributed by atoms with Gasteiger partial charge in [-0.05, 0) is 42.6 Å². The van der Waals surface area contributed by atoms with Crippen LogP contribution in [0.2, 0.25) is 0 Å². The van der Waals surface area contributed by atoms with E-state index in [4.69, 9.17) is 9.26 Å². The van der Waals surface area contributed by atoms with Crippen LogP contribution in [0, 0.1) is 23.7 Å². The van der Waals surface area contributed by atoms with Crippen LogP contribution in [-0.4, -0.2) is 29.4 Å². The average molecular weight is 352 g/mol. The molecule has 8 atom stereocenters. The van der Waals surface area contributed by atoms with Crippen LogP contribution >= 0.6 is 9.47 Å². The standard InChI is InChI=1S/C19H29O4P/c1-11-7-13-4-3-12(2)16(19(13)17(20)8-11)6-5-14-9-15(23-24)10-18(21)22-14/h3-4,7,11-12,14-17,19-20H,5-6,8-10,24H2,1-2H3/t11-,12-,14+,15+,16-,17-,19-/m0/s1. The minimum Gasteiger partial charge on any atom is -0.462 e. The molecule has 3 aliphatic rings. The van der Waals surface area contributed by atoms with Gasteiger partial charge in [0.1, 0.15) is 6.10 Å². The summed E-state index contributed by atoms with van der Waals surface area (Å²) < 4.78 is 10.8. The molecule has 0 amide bonds. The third-order valence-electron chi connectivity index (χ3n) is 5.85. The quantitative estimate of drug-likeness (QED) is 0.622. The fourth-order valence-corrected chi connectivity index (χ4v) is 4.84. The van der Waals surface area contributed by atoms with E-state index < -0.39 is 0 Å². The number of aliphatic hydroxyl groups is 1. The molecule has 1 unspecified atom stereocenters. The smallest absolute Gasteiger partial charge is 0.308 e. The Kier molecular flexibility index (Phi) is 5.79. The first-order valence-corrected chi connectivity index (χ1v) is 9.58. The highest BCUT2D eigenvalue weighted by molar-refractivity contribution is 7.09. The van der Waals surface area contributed by atoms with E-state index in [1.165, 1.54) is 5.57 Å². The first kappa shape index (κ1) is 18.1. The van der Waals surface area contributed by atoms with Gasteiger partial charge in [-0.15, -0.1) is 0 Å². The molecule has 134 valence electrons. The minimum absolute atomic E-state index is 0.0542. The molecule has 1 aliphatic heterocycles. The SMILES string of the molecule is C[C@H]1C=C2C=C[C@H](C)[C@H](CC[C@@H]3C[C@@H](OP)CC(=O)O3)[C@H]2[C@@H](O)C1. The lowest BCUT2D eigenvalue weighted by molar-refractivity contribution is -0.159. The molecule has 0 aromatic heterocycles. The van der Waals surface area contributed by atoms with Gasteiger partial charge < -0.3 is 14.4 Å². The van der Waals surface area contributed by atoms with Crippen molar-refractivity contribution in [3.8, 4) is 0 Å². The molecule has 0 spiro atoms. The summed E-state index contributed by atoms with van der Waals surface area (Å²) in [6.45, 7) is 4.39. The maximum absolute atomic E-state index is 11.7. The third-order valence-corrected chi connectivity index (χ3v) is 6.24. The van der Waals surface area contributed by atoms with Crippen molar-refractivity contribution in [1.29, 1.82) is 0 Å². The lowest BCUT2D eigenvalue weighted by atomic mass is 9.65. The third kappa shape index (κ3) is 3.92. The van der Waals surface area contributed by atoms with Crippen LogP contribution in [0.25, 0.3) is 0 Å². The summed E-state index contributed by atoms with van der Waals surface area (Å²) in [5.41, 5.74) is 1.29. The minimum atomic E-state index is -0.269. The molecule has 0 aromatic rings. The van der Waals surface area contributed by atoms with Gasteiger partial charge in [-0.1, -0.05) is 32.1 Å². The Morgan fingerprint density at radius 3 is 2.88 bits per heavy atom. The summed E-state index contributed by atoms with van der Waals surface area (Å²) in [4.78, 5) is 11.7. The second-order valence-electron chi connectivity index (χ2n) is 7.74. The van der Waals surface area contributed by atoms with Crippen LogP contribution in [0.15, 0.2) is 23.8 Å². The number of fused-ring (bicyclic) bond motifs is 1. The highest BCUT2D eigenvalue weighted by atomic mass is 31.0. The first-order chi connectivity index (χ1) is 11.5. The highest BCUT2D eigenvalue weighted by Gasteiger charge is 2.39. The molecule has 5 heteroatoms. The van der Waals surface area contributed by atoms with E-state index in [9.17, 15) is 9.90 Å². The van der Waals surface area contributed by atoms with Crippen LogP contribution in [0.3, 0.4) is 0 Å². The number of cyclic esters (lactones) is 1. The van der Waals surface area contributed by atoms with Gasteiger partial charge in [0.05, 0.1) is 18.6 Å². The Hall–Kier alpha value is -0.700. The molecule has 24 heavy (non-hydrogen) atoms. The monoisotopic (exact) mass is 352 g/mol. The Morgan fingerprint density at radius 2 is 2.12 bits per heavy atom. The van der Waals surface area contributed by atoms with E-state index in [1.807, 2.05) is 0 Å². The van der Waals surface area contributed by atoms with Crippen molar-refractivity contribution in [3.63, 3.8) is 0 Å². The lowest BCUT2D eigenvalue weighted by Crippen LogP contribution is -2.39. The predicted molar refractivity (Wildman–Crippen MR) is 96.1 cm³/mol. The molecule has 4 nitrogen and oxygen atoms in total. The predicted octanol–water partition coefficient (Wildman–Crippen LogP) is 3.41. The molecular weight excluding hydrogens is 323 g/mol. The number of hydrogen-bond acceptors (Lipinski definition) is 4. The zero-order chi connectivity index (χ0) is 17.3. The fourth-order valence-electron chi connectivity index (χ4n) is 4.64. The molecule has 0 saturated carbocycles. The number of esters is 1. The fraction of sp³-hybridized carbons (Fsp3) is 0.737. The zero-order valence-electron chi connectivity index (χ0n) is 14.6. The van der Waals surface area contributed by atoms with E-state index in [1.54, 1.807) is 0 Å². The van der Waals surface area contributed by atoms with Gasteiger partial charge in [0.25, 0.3) is 0 Å². The van der Waals surface area contributed by atoms with Gasteiger partial charge in [-0.25, -0.2) is 0 Å². The van der Waals surface area contributed by atoms with Gasteiger partial charge >= 0.3 is 5.97 Å². The average Bonchev–Trinajstić information content (AvgIpc) is 2.53. The van der Waals surface area contributed by atoms with Gasteiger partial charge in [-0.2, -0.15) is 0 Å². The molecule has 1 heterocycles. The topological polar surface area (TPSA) is 55.8 Å². The van der Waals surface area contributed by atoms with E-state index >= 15 is 0 Å². The van der Waals surface area contributed by atoms with Crippen LogP contribution in [0.4, 0.5) is 0 Å².